The summed E-state index contributed by atoms with van der Waals surface area (Å²) >= 11 is 11.2. The minimum Gasteiger partial charge on any atom is -0.485 e. The first-order valence-electron chi connectivity index (χ1n) is 7.87. The highest BCUT2D eigenvalue weighted by molar-refractivity contribution is 7.80. The van der Waals surface area contributed by atoms with Crippen LogP contribution in [0, 0.1) is 11.6 Å². The molecule has 0 spiro atoms. The minimum absolute atomic E-state index is 0.0654. The van der Waals surface area contributed by atoms with Gasteiger partial charge >= 0.3 is 0 Å². The fourth-order valence-electron chi connectivity index (χ4n) is 2.22. The van der Waals surface area contributed by atoms with Crippen molar-refractivity contribution in [3.8, 4) is 5.75 Å². The van der Waals surface area contributed by atoms with Gasteiger partial charge in [-0.25, -0.2) is 13.8 Å². The monoisotopic (exact) mass is 405 g/mol. The van der Waals surface area contributed by atoms with Crippen LogP contribution in [0.5, 0.6) is 5.75 Å². The molecule has 0 amide bonds. The van der Waals surface area contributed by atoms with Crippen LogP contribution < -0.4 is 15.4 Å². The number of hydrogen-bond acceptors (Lipinski definition) is 3. The summed E-state index contributed by atoms with van der Waals surface area (Å²) < 4.78 is 32.5. The van der Waals surface area contributed by atoms with Crippen LogP contribution in [-0.2, 0) is 6.61 Å². The number of rotatable bonds is 5. The highest BCUT2D eigenvalue weighted by Crippen LogP contribution is 2.25. The van der Waals surface area contributed by atoms with E-state index in [4.69, 9.17) is 28.6 Å². The van der Waals surface area contributed by atoms with Gasteiger partial charge in [0.25, 0.3) is 0 Å². The zero-order valence-electron chi connectivity index (χ0n) is 13.9. The normalized spacial score (nSPS) is 10.3. The van der Waals surface area contributed by atoms with E-state index in [1.54, 1.807) is 36.5 Å². The van der Waals surface area contributed by atoms with E-state index in [1.807, 2.05) is 0 Å². The number of hydrogen-bond donors (Lipinski definition) is 2. The molecule has 0 saturated carbocycles. The first kappa shape index (κ1) is 19.0. The molecule has 1 aromatic heterocycles. The minimum atomic E-state index is -0.450. The van der Waals surface area contributed by atoms with Gasteiger partial charge < -0.3 is 15.4 Å². The van der Waals surface area contributed by atoms with Gasteiger partial charge in [-0.2, -0.15) is 0 Å². The van der Waals surface area contributed by atoms with E-state index in [0.29, 0.717) is 17.3 Å². The molecule has 2 N–H and O–H groups in total. The van der Waals surface area contributed by atoms with Crippen LogP contribution >= 0.6 is 23.8 Å². The summed E-state index contributed by atoms with van der Waals surface area (Å²) in [7, 11) is 0. The van der Waals surface area contributed by atoms with Gasteiger partial charge in [-0.3, -0.25) is 0 Å². The van der Waals surface area contributed by atoms with Crippen LogP contribution in [0.2, 0.25) is 5.02 Å². The predicted molar refractivity (Wildman–Crippen MR) is 106 cm³/mol. The molecule has 0 radical (unpaired) electrons. The molecule has 0 atom stereocenters. The fraction of sp³-hybridized carbons (Fsp3) is 0.0526. The third kappa shape index (κ3) is 5.12. The van der Waals surface area contributed by atoms with Crippen molar-refractivity contribution in [2.75, 3.05) is 10.6 Å². The Balaban J connectivity index is 1.68. The van der Waals surface area contributed by atoms with E-state index >= 15 is 0 Å². The van der Waals surface area contributed by atoms with Gasteiger partial charge in [0.1, 0.15) is 18.2 Å². The van der Waals surface area contributed by atoms with Gasteiger partial charge in [0, 0.05) is 17.4 Å². The molecule has 3 rings (SSSR count). The molecule has 0 saturated heterocycles. The lowest BCUT2D eigenvalue weighted by molar-refractivity contribution is 0.300. The molecule has 4 nitrogen and oxygen atoms in total. The van der Waals surface area contributed by atoms with Crippen molar-refractivity contribution in [1.82, 2.24) is 4.98 Å². The lowest BCUT2D eigenvalue weighted by atomic mass is 10.2. The van der Waals surface area contributed by atoms with Crippen molar-refractivity contribution in [3.05, 3.63) is 83.0 Å². The lowest BCUT2D eigenvalue weighted by Gasteiger charge is -2.14. The number of nitrogens with one attached hydrogen (secondary N) is 2. The van der Waals surface area contributed by atoms with E-state index < -0.39 is 5.82 Å². The Morgan fingerprint density at radius 3 is 2.56 bits per heavy atom. The molecular weight excluding hydrogens is 392 g/mol. The fourth-order valence-corrected chi connectivity index (χ4v) is 2.66. The van der Waals surface area contributed by atoms with Crippen molar-refractivity contribution in [1.29, 1.82) is 0 Å². The van der Waals surface area contributed by atoms with Crippen LogP contribution in [0.1, 0.15) is 5.56 Å². The first-order valence-corrected chi connectivity index (χ1v) is 8.66. The summed E-state index contributed by atoms with van der Waals surface area (Å²) in [4.78, 5) is 4.18. The molecule has 0 bridgehead atoms. The summed E-state index contributed by atoms with van der Waals surface area (Å²) in [5.41, 5.74) is 0.867. The Bertz CT molecular complexity index is 934. The highest BCUT2D eigenvalue weighted by Gasteiger charge is 2.11. The number of pyridine rings is 1. The summed E-state index contributed by atoms with van der Waals surface area (Å²) in [6, 6.07) is 13.5. The number of halogens is 3. The average molecular weight is 406 g/mol. The molecule has 27 heavy (non-hydrogen) atoms. The summed E-state index contributed by atoms with van der Waals surface area (Å²) in [6.07, 6.45) is 1.56. The second kappa shape index (κ2) is 8.75. The number of nitrogens with zero attached hydrogens (tertiary/aromatic N) is 1. The largest absolute Gasteiger partial charge is 0.485 e. The van der Waals surface area contributed by atoms with Gasteiger partial charge in [-0.1, -0.05) is 17.7 Å². The average Bonchev–Trinajstić information content (AvgIpc) is 2.64. The maximum atomic E-state index is 13.9. The molecule has 0 aliphatic carbocycles. The van der Waals surface area contributed by atoms with Gasteiger partial charge in [0.2, 0.25) is 0 Å². The SMILES string of the molecule is Fc1ccc(NC(=S)Nc2ncccc2OCc2c(F)cccc2Cl)cc1. The molecule has 3 aromatic rings. The Labute approximate surface area is 165 Å². The maximum Gasteiger partial charge on any atom is 0.176 e. The van der Waals surface area contributed by atoms with Gasteiger partial charge in [-0.15, -0.1) is 0 Å². The van der Waals surface area contributed by atoms with Crippen molar-refractivity contribution in [3.63, 3.8) is 0 Å². The maximum absolute atomic E-state index is 13.9. The van der Waals surface area contributed by atoms with E-state index in [0.717, 1.165) is 0 Å². The van der Waals surface area contributed by atoms with Crippen molar-refractivity contribution < 1.29 is 13.5 Å². The molecule has 0 fully saturated rings. The van der Waals surface area contributed by atoms with E-state index in [1.165, 1.54) is 24.3 Å². The number of anilines is 2. The molecule has 0 unspecified atom stereocenters. The number of aromatic nitrogens is 1. The molecule has 0 aliphatic heterocycles. The lowest BCUT2D eigenvalue weighted by Crippen LogP contribution is -2.20. The number of ether oxygens (including phenoxy) is 1. The Kier molecular flexibility index (Phi) is 6.16. The summed E-state index contributed by atoms with van der Waals surface area (Å²) in [5, 5.41) is 6.34. The third-order valence-electron chi connectivity index (χ3n) is 3.54. The Morgan fingerprint density at radius 2 is 1.81 bits per heavy atom. The van der Waals surface area contributed by atoms with Gasteiger partial charge in [0.15, 0.2) is 16.7 Å². The third-order valence-corrected chi connectivity index (χ3v) is 4.10. The topological polar surface area (TPSA) is 46.2 Å². The highest BCUT2D eigenvalue weighted by atomic mass is 35.5. The first-order chi connectivity index (χ1) is 13.0. The molecule has 8 heteroatoms. The van der Waals surface area contributed by atoms with Crippen LogP contribution in [-0.4, -0.2) is 10.1 Å². The standard InChI is InChI=1S/C19H14ClF2N3OS/c20-15-3-1-4-16(22)14(15)11-26-17-5-2-10-23-18(17)25-19(27)24-13-8-6-12(21)7-9-13/h1-10H,11H2,(H2,23,24,25,27). The van der Waals surface area contributed by atoms with Crippen molar-refractivity contribution in [2.24, 2.45) is 0 Å². The molecule has 0 aliphatic rings. The van der Waals surface area contributed by atoms with E-state index in [-0.39, 0.29) is 28.1 Å². The van der Waals surface area contributed by atoms with Crippen LogP contribution in [0.3, 0.4) is 0 Å². The second-order valence-electron chi connectivity index (χ2n) is 5.43. The summed E-state index contributed by atoms with van der Waals surface area (Å²) in [5.74, 6) is -0.0642. The van der Waals surface area contributed by atoms with E-state index in [2.05, 4.69) is 15.6 Å². The van der Waals surface area contributed by atoms with Crippen molar-refractivity contribution >= 4 is 40.4 Å². The van der Waals surface area contributed by atoms with Crippen molar-refractivity contribution in [2.45, 2.75) is 6.61 Å². The zero-order chi connectivity index (χ0) is 19.2. The van der Waals surface area contributed by atoms with Crippen LogP contribution in [0.4, 0.5) is 20.3 Å². The second-order valence-corrected chi connectivity index (χ2v) is 6.24. The Morgan fingerprint density at radius 1 is 1.04 bits per heavy atom. The van der Waals surface area contributed by atoms with Crippen LogP contribution in [0.25, 0.3) is 0 Å². The van der Waals surface area contributed by atoms with Crippen LogP contribution in [0.15, 0.2) is 60.8 Å². The number of thiocarbonyl (C=S) groups is 1. The van der Waals surface area contributed by atoms with Gasteiger partial charge in [0.05, 0.1) is 5.02 Å². The Hall–Kier alpha value is -2.77. The number of benzene rings is 2. The molecular formula is C19H14ClF2N3OS. The molecule has 138 valence electrons. The van der Waals surface area contributed by atoms with Gasteiger partial charge in [-0.05, 0) is 60.7 Å². The smallest absolute Gasteiger partial charge is 0.176 e. The quantitative estimate of drug-likeness (QED) is 0.556. The predicted octanol–water partition coefficient (Wildman–Crippen LogP) is 5.40. The zero-order valence-corrected chi connectivity index (χ0v) is 15.5. The molecule has 1 heterocycles. The van der Waals surface area contributed by atoms with E-state index in [9.17, 15) is 8.78 Å². The summed E-state index contributed by atoms with van der Waals surface area (Å²) in [6.45, 7) is -0.0654. The molecule has 2 aromatic carbocycles.